The van der Waals surface area contributed by atoms with Gasteiger partial charge in [-0.05, 0) is 24.6 Å². The lowest BCUT2D eigenvalue weighted by atomic mass is 10.1. The minimum absolute atomic E-state index is 0. The van der Waals surface area contributed by atoms with E-state index >= 15 is 0 Å². The van der Waals surface area contributed by atoms with Crippen molar-refractivity contribution in [2.45, 2.75) is 19.4 Å². The average molecular weight is 259 g/mol. The molecule has 3 N–H and O–H groups in total. The van der Waals surface area contributed by atoms with Crippen LogP contribution in [-0.4, -0.2) is 19.6 Å². The van der Waals surface area contributed by atoms with Crippen LogP contribution in [0.4, 0.5) is 5.69 Å². The van der Waals surface area contributed by atoms with Crippen LogP contribution in [0.15, 0.2) is 24.3 Å². The third-order valence-corrected chi connectivity index (χ3v) is 2.36. The van der Waals surface area contributed by atoms with Gasteiger partial charge in [0.25, 0.3) is 0 Å². The second-order valence-corrected chi connectivity index (χ2v) is 3.59. The molecule has 1 aromatic rings. The van der Waals surface area contributed by atoms with Gasteiger partial charge in [0.15, 0.2) is 0 Å². The summed E-state index contributed by atoms with van der Waals surface area (Å²) in [5, 5.41) is 2.79. The van der Waals surface area contributed by atoms with Crippen molar-refractivity contribution in [1.29, 1.82) is 0 Å². The number of benzene rings is 1. The fraction of sp³-hybridized carbons (Fsp3) is 0.417. The van der Waals surface area contributed by atoms with Gasteiger partial charge in [0.2, 0.25) is 5.91 Å². The predicted molar refractivity (Wildman–Crippen MR) is 71.4 cm³/mol. The molecule has 0 heterocycles. The second kappa shape index (κ2) is 8.06. The molecule has 0 aromatic heterocycles. The summed E-state index contributed by atoms with van der Waals surface area (Å²) in [6.45, 7) is 2.32. The van der Waals surface area contributed by atoms with Gasteiger partial charge in [-0.1, -0.05) is 12.1 Å². The van der Waals surface area contributed by atoms with Crippen molar-refractivity contribution in [2.24, 2.45) is 5.73 Å². The molecule has 0 aliphatic heterocycles. The molecule has 0 fully saturated rings. The SMILES string of the molecule is COC(C)c1cccc(NC(=O)CCN)c1.Cl. The number of nitrogens with one attached hydrogen (secondary N) is 1. The number of methoxy groups -OCH3 is 1. The third kappa shape index (κ3) is 5.17. The number of hydrogen-bond acceptors (Lipinski definition) is 3. The number of ether oxygens (including phenoxy) is 1. The largest absolute Gasteiger partial charge is 0.377 e. The number of anilines is 1. The molecular weight excluding hydrogens is 240 g/mol. The molecule has 1 atom stereocenters. The van der Waals surface area contributed by atoms with E-state index in [9.17, 15) is 4.79 Å². The molecule has 0 saturated heterocycles. The second-order valence-electron chi connectivity index (χ2n) is 3.59. The van der Waals surface area contributed by atoms with Crippen LogP contribution in [0.2, 0.25) is 0 Å². The van der Waals surface area contributed by atoms with Gasteiger partial charge in [-0.3, -0.25) is 4.79 Å². The topological polar surface area (TPSA) is 64.3 Å². The van der Waals surface area contributed by atoms with Gasteiger partial charge in [-0.15, -0.1) is 12.4 Å². The molecule has 1 aromatic carbocycles. The van der Waals surface area contributed by atoms with E-state index in [0.29, 0.717) is 13.0 Å². The lowest BCUT2D eigenvalue weighted by Crippen LogP contribution is -2.16. The van der Waals surface area contributed by atoms with Gasteiger partial charge in [-0.2, -0.15) is 0 Å². The highest BCUT2D eigenvalue weighted by Crippen LogP contribution is 2.19. The Hall–Kier alpha value is -1.10. The van der Waals surface area contributed by atoms with Crippen molar-refractivity contribution in [3.05, 3.63) is 29.8 Å². The van der Waals surface area contributed by atoms with E-state index < -0.39 is 0 Å². The van der Waals surface area contributed by atoms with E-state index in [1.165, 1.54) is 0 Å². The highest BCUT2D eigenvalue weighted by Gasteiger charge is 2.05. The Morgan fingerprint density at radius 3 is 2.82 bits per heavy atom. The van der Waals surface area contributed by atoms with Crippen LogP contribution in [0.3, 0.4) is 0 Å². The lowest BCUT2D eigenvalue weighted by molar-refractivity contribution is -0.116. The maximum atomic E-state index is 11.3. The van der Waals surface area contributed by atoms with Gasteiger partial charge < -0.3 is 15.8 Å². The van der Waals surface area contributed by atoms with Gasteiger partial charge in [0, 0.05) is 25.8 Å². The van der Waals surface area contributed by atoms with Crippen molar-refractivity contribution >= 4 is 24.0 Å². The molecule has 17 heavy (non-hydrogen) atoms. The van der Waals surface area contributed by atoms with E-state index in [-0.39, 0.29) is 24.4 Å². The third-order valence-electron chi connectivity index (χ3n) is 2.36. The number of carbonyl (C=O) groups is 1. The molecule has 0 bridgehead atoms. The van der Waals surface area contributed by atoms with E-state index in [1.54, 1.807) is 7.11 Å². The summed E-state index contributed by atoms with van der Waals surface area (Å²) in [5.41, 5.74) is 7.11. The summed E-state index contributed by atoms with van der Waals surface area (Å²) < 4.78 is 5.21. The molecular formula is C12H19ClN2O2. The zero-order valence-electron chi connectivity index (χ0n) is 10.1. The van der Waals surface area contributed by atoms with Crippen molar-refractivity contribution in [1.82, 2.24) is 0 Å². The number of rotatable bonds is 5. The molecule has 96 valence electrons. The van der Waals surface area contributed by atoms with Crippen LogP contribution < -0.4 is 11.1 Å². The Bertz CT molecular complexity index is 358. The number of nitrogens with two attached hydrogens (primary N) is 1. The van der Waals surface area contributed by atoms with Crippen molar-refractivity contribution in [2.75, 3.05) is 19.0 Å². The first-order valence-electron chi connectivity index (χ1n) is 5.30. The summed E-state index contributed by atoms with van der Waals surface area (Å²) in [6, 6.07) is 7.61. The highest BCUT2D eigenvalue weighted by atomic mass is 35.5. The Balaban J connectivity index is 0.00000256. The zero-order chi connectivity index (χ0) is 12.0. The lowest BCUT2D eigenvalue weighted by Gasteiger charge is -2.11. The van der Waals surface area contributed by atoms with Crippen molar-refractivity contribution < 1.29 is 9.53 Å². The predicted octanol–water partition coefficient (Wildman–Crippen LogP) is 2.10. The van der Waals surface area contributed by atoms with Gasteiger partial charge in [-0.25, -0.2) is 0 Å². The Morgan fingerprint density at radius 1 is 1.53 bits per heavy atom. The molecule has 5 heteroatoms. The summed E-state index contributed by atoms with van der Waals surface area (Å²) in [7, 11) is 1.66. The molecule has 0 saturated carbocycles. The van der Waals surface area contributed by atoms with Crippen LogP contribution in [0.25, 0.3) is 0 Å². The first-order chi connectivity index (χ1) is 7.67. The van der Waals surface area contributed by atoms with Gasteiger partial charge in [0.05, 0.1) is 6.10 Å². The standard InChI is InChI=1S/C12H18N2O2.ClH/c1-9(16-2)10-4-3-5-11(8-10)14-12(15)6-7-13;/h3-5,8-9H,6-7,13H2,1-2H3,(H,14,15);1H. The molecule has 0 aliphatic rings. The molecule has 0 aliphatic carbocycles. The molecule has 1 unspecified atom stereocenters. The number of halogens is 1. The first-order valence-corrected chi connectivity index (χ1v) is 5.30. The number of carbonyl (C=O) groups excluding carboxylic acids is 1. The van der Waals surface area contributed by atoms with Crippen molar-refractivity contribution in [3.8, 4) is 0 Å². The first kappa shape index (κ1) is 15.9. The molecule has 0 spiro atoms. The average Bonchev–Trinajstić information content (AvgIpc) is 2.28. The van der Waals surface area contributed by atoms with E-state index in [2.05, 4.69) is 5.32 Å². The minimum Gasteiger partial charge on any atom is -0.377 e. The summed E-state index contributed by atoms with van der Waals surface area (Å²) >= 11 is 0. The number of hydrogen-bond donors (Lipinski definition) is 2. The molecule has 4 nitrogen and oxygen atoms in total. The maximum absolute atomic E-state index is 11.3. The van der Waals surface area contributed by atoms with Gasteiger partial charge in [0.1, 0.15) is 0 Å². The normalized spacial score (nSPS) is 11.5. The zero-order valence-corrected chi connectivity index (χ0v) is 10.9. The molecule has 0 radical (unpaired) electrons. The van der Waals surface area contributed by atoms with E-state index in [0.717, 1.165) is 11.3 Å². The molecule has 1 amide bonds. The smallest absolute Gasteiger partial charge is 0.225 e. The van der Waals surface area contributed by atoms with Crippen LogP contribution in [0.5, 0.6) is 0 Å². The molecule has 1 rings (SSSR count). The van der Waals surface area contributed by atoms with Crippen LogP contribution in [0.1, 0.15) is 25.0 Å². The monoisotopic (exact) mass is 258 g/mol. The van der Waals surface area contributed by atoms with Gasteiger partial charge >= 0.3 is 0 Å². The fourth-order valence-corrected chi connectivity index (χ4v) is 1.36. The quantitative estimate of drug-likeness (QED) is 0.850. The van der Waals surface area contributed by atoms with Crippen LogP contribution in [-0.2, 0) is 9.53 Å². The van der Waals surface area contributed by atoms with E-state index in [4.69, 9.17) is 10.5 Å². The minimum atomic E-state index is -0.0651. The Morgan fingerprint density at radius 2 is 2.24 bits per heavy atom. The number of amides is 1. The van der Waals surface area contributed by atoms with Crippen LogP contribution >= 0.6 is 12.4 Å². The Labute approximate surface area is 108 Å². The Kier molecular flexibility index (Phi) is 7.54. The summed E-state index contributed by atoms with van der Waals surface area (Å²) in [6.07, 6.45) is 0.357. The summed E-state index contributed by atoms with van der Waals surface area (Å²) in [5.74, 6) is -0.0651. The van der Waals surface area contributed by atoms with Crippen molar-refractivity contribution in [3.63, 3.8) is 0 Å². The summed E-state index contributed by atoms with van der Waals surface area (Å²) in [4.78, 5) is 11.3. The highest BCUT2D eigenvalue weighted by molar-refractivity contribution is 5.90. The fourth-order valence-electron chi connectivity index (χ4n) is 1.36. The van der Waals surface area contributed by atoms with E-state index in [1.807, 2.05) is 31.2 Å². The van der Waals surface area contributed by atoms with Crippen LogP contribution in [0, 0.1) is 0 Å². The maximum Gasteiger partial charge on any atom is 0.225 e.